The number of nitrogens with two attached hydrogens (primary N) is 1. The Morgan fingerprint density at radius 3 is 2.51 bits per heavy atom. The second kappa shape index (κ2) is 9.73. The zero-order valence-electron chi connectivity index (χ0n) is 21.3. The van der Waals surface area contributed by atoms with Crippen LogP contribution in [0.5, 0.6) is 0 Å². The Hall–Kier alpha value is -2.96. The third-order valence-electron chi connectivity index (χ3n) is 7.75. The number of morpholine rings is 1. The third-order valence-corrected chi connectivity index (χ3v) is 7.75. The number of carbonyl (C=O) groups excluding carboxylic acids is 1. The van der Waals surface area contributed by atoms with Crippen molar-refractivity contribution in [3.63, 3.8) is 0 Å². The van der Waals surface area contributed by atoms with Crippen molar-refractivity contribution >= 4 is 36.2 Å². The van der Waals surface area contributed by atoms with E-state index in [2.05, 4.69) is 32.0 Å². The van der Waals surface area contributed by atoms with Gasteiger partial charge in [0.05, 0.1) is 24.4 Å². The first-order chi connectivity index (χ1) is 17.3. The van der Waals surface area contributed by atoms with Crippen LogP contribution in [-0.2, 0) is 15.9 Å². The van der Waals surface area contributed by atoms with E-state index >= 15 is 0 Å². The standard InChI is InChI=1S/C24H33N9O3.ClH/c1-23(4-6-32(15-23)22(34)36-24(2)13-26-14-24)33-5-3-17-18(16-11-27-20(25)28-12-16)29-21(30-19(17)33)31-7-9-35-10-8-31;/h11-12,26H,3-10,13-15H2,1-2H3,(H2,25,27,28);1H/t23-;/m0./s1. The Morgan fingerprint density at radius 2 is 1.84 bits per heavy atom. The minimum Gasteiger partial charge on any atom is -0.440 e. The molecular formula is C24H34ClN9O3. The van der Waals surface area contributed by atoms with Crippen molar-refractivity contribution < 1.29 is 14.3 Å². The number of carbonyl (C=O) groups is 1. The summed E-state index contributed by atoms with van der Waals surface area (Å²) in [5.41, 5.74) is 7.82. The molecule has 0 radical (unpaired) electrons. The summed E-state index contributed by atoms with van der Waals surface area (Å²) in [4.78, 5) is 37.7. The largest absolute Gasteiger partial charge is 0.440 e. The van der Waals surface area contributed by atoms with E-state index in [9.17, 15) is 4.79 Å². The number of halogens is 1. The fraction of sp³-hybridized carbons (Fsp3) is 0.625. The zero-order chi connectivity index (χ0) is 24.9. The number of nitrogen functional groups attached to an aromatic ring is 1. The lowest BCUT2D eigenvalue weighted by atomic mass is 9.99. The molecule has 0 bridgehead atoms. The molecule has 12 nitrogen and oxygen atoms in total. The van der Waals surface area contributed by atoms with E-state index in [1.54, 1.807) is 12.4 Å². The van der Waals surface area contributed by atoms with E-state index in [4.69, 9.17) is 25.2 Å². The van der Waals surface area contributed by atoms with Crippen LogP contribution < -0.4 is 20.9 Å². The summed E-state index contributed by atoms with van der Waals surface area (Å²) in [5.74, 6) is 1.83. The number of anilines is 3. The van der Waals surface area contributed by atoms with Crippen LogP contribution in [0.15, 0.2) is 12.4 Å². The Bertz CT molecular complexity index is 1160. The maximum Gasteiger partial charge on any atom is 0.410 e. The second-order valence-electron chi connectivity index (χ2n) is 10.6. The molecule has 0 aliphatic carbocycles. The van der Waals surface area contributed by atoms with Gasteiger partial charge in [0.25, 0.3) is 0 Å². The normalized spacial score (nSPS) is 24.3. The van der Waals surface area contributed by atoms with Gasteiger partial charge in [-0.15, -0.1) is 12.4 Å². The summed E-state index contributed by atoms with van der Waals surface area (Å²) < 4.78 is 11.4. The number of nitrogens with one attached hydrogen (secondary N) is 1. The van der Waals surface area contributed by atoms with Crippen LogP contribution in [0.1, 0.15) is 25.8 Å². The van der Waals surface area contributed by atoms with Gasteiger partial charge < -0.3 is 35.2 Å². The van der Waals surface area contributed by atoms with E-state index in [-0.39, 0.29) is 30.0 Å². The first-order valence-corrected chi connectivity index (χ1v) is 12.6. The highest BCUT2D eigenvalue weighted by Gasteiger charge is 2.46. The van der Waals surface area contributed by atoms with Crippen LogP contribution in [0.4, 0.5) is 22.5 Å². The number of likely N-dealkylation sites (tertiary alicyclic amines) is 1. The molecule has 0 unspecified atom stereocenters. The molecule has 6 heterocycles. The van der Waals surface area contributed by atoms with Crippen LogP contribution in [0.3, 0.4) is 0 Å². The van der Waals surface area contributed by atoms with Gasteiger partial charge in [-0.1, -0.05) is 0 Å². The lowest BCUT2D eigenvalue weighted by Crippen LogP contribution is -2.60. The molecule has 0 aromatic carbocycles. The van der Waals surface area contributed by atoms with Gasteiger partial charge in [-0.05, 0) is 26.7 Å². The number of nitrogens with zero attached hydrogens (tertiary/aromatic N) is 7. The summed E-state index contributed by atoms with van der Waals surface area (Å²) in [6, 6.07) is 0. The number of rotatable bonds is 4. The summed E-state index contributed by atoms with van der Waals surface area (Å²) in [6.45, 7) is 10.4. The molecule has 0 spiro atoms. The van der Waals surface area contributed by atoms with E-state index in [0.29, 0.717) is 45.3 Å². The van der Waals surface area contributed by atoms with Crippen molar-refractivity contribution in [2.24, 2.45) is 0 Å². The van der Waals surface area contributed by atoms with Gasteiger partial charge in [0.2, 0.25) is 11.9 Å². The molecule has 200 valence electrons. The van der Waals surface area contributed by atoms with Crippen LogP contribution in [0, 0.1) is 0 Å². The molecule has 1 amide bonds. The van der Waals surface area contributed by atoms with E-state index < -0.39 is 5.60 Å². The zero-order valence-corrected chi connectivity index (χ0v) is 22.1. The van der Waals surface area contributed by atoms with Gasteiger partial charge in [0, 0.05) is 69.3 Å². The molecule has 3 N–H and O–H groups in total. The number of hydrogen-bond donors (Lipinski definition) is 2. The van der Waals surface area contributed by atoms with Gasteiger partial charge in [0.15, 0.2) is 0 Å². The van der Waals surface area contributed by atoms with Crippen LogP contribution in [-0.4, -0.2) is 101 Å². The highest BCUT2D eigenvalue weighted by molar-refractivity contribution is 5.85. The molecule has 1 atom stereocenters. The number of amides is 1. The van der Waals surface area contributed by atoms with Crippen molar-refractivity contribution in [3.05, 3.63) is 18.0 Å². The Morgan fingerprint density at radius 1 is 1.11 bits per heavy atom. The minimum absolute atomic E-state index is 0. The maximum atomic E-state index is 12.9. The van der Waals surface area contributed by atoms with E-state index in [1.165, 1.54) is 0 Å². The molecule has 2 aromatic rings. The third kappa shape index (κ3) is 4.73. The molecule has 3 fully saturated rings. The van der Waals surface area contributed by atoms with Gasteiger partial charge in [-0.2, -0.15) is 4.98 Å². The molecular weight excluding hydrogens is 498 g/mol. The predicted octanol–water partition coefficient (Wildman–Crippen LogP) is 1.10. The van der Waals surface area contributed by atoms with Gasteiger partial charge in [0.1, 0.15) is 11.4 Å². The molecule has 3 saturated heterocycles. The van der Waals surface area contributed by atoms with Crippen molar-refractivity contribution in [1.29, 1.82) is 0 Å². The first-order valence-electron chi connectivity index (χ1n) is 12.6. The molecule has 0 saturated carbocycles. The quantitative estimate of drug-likeness (QED) is 0.587. The summed E-state index contributed by atoms with van der Waals surface area (Å²) >= 11 is 0. The molecule has 37 heavy (non-hydrogen) atoms. The van der Waals surface area contributed by atoms with Gasteiger partial charge in [-0.3, -0.25) is 0 Å². The number of hydrogen-bond acceptors (Lipinski definition) is 11. The molecule has 6 rings (SSSR count). The monoisotopic (exact) mass is 531 g/mol. The number of aromatic nitrogens is 4. The Kier molecular flexibility index (Phi) is 6.75. The average Bonchev–Trinajstić information content (AvgIpc) is 3.48. The summed E-state index contributed by atoms with van der Waals surface area (Å²) in [7, 11) is 0. The first kappa shape index (κ1) is 25.7. The summed E-state index contributed by atoms with van der Waals surface area (Å²) in [6.07, 6.45) is 4.86. The van der Waals surface area contributed by atoms with Crippen molar-refractivity contribution in [2.75, 3.05) is 74.6 Å². The molecule has 4 aliphatic rings. The Labute approximate surface area is 222 Å². The van der Waals surface area contributed by atoms with Crippen molar-refractivity contribution in [3.8, 4) is 11.3 Å². The minimum atomic E-state index is -0.410. The lowest BCUT2D eigenvalue weighted by molar-refractivity contribution is -0.0283. The SMILES string of the molecule is CC1(OC(=O)N2CC[C@](C)(N3CCc4c(-c5cnc(N)nc5)nc(N5CCOCC5)nc43)C2)CNC1.Cl. The molecule has 2 aromatic heterocycles. The van der Waals surface area contributed by atoms with Gasteiger partial charge in [-0.25, -0.2) is 19.7 Å². The van der Waals surface area contributed by atoms with E-state index in [1.807, 2.05) is 11.8 Å². The number of ether oxygens (including phenoxy) is 2. The molecule has 4 aliphatic heterocycles. The van der Waals surface area contributed by atoms with Crippen LogP contribution in [0.25, 0.3) is 11.3 Å². The van der Waals surface area contributed by atoms with Crippen LogP contribution in [0.2, 0.25) is 0 Å². The highest BCUT2D eigenvalue weighted by atomic mass is 35.5. The van der Waals surface area contributed by atoms with Crippen LogP contribution >= 0.6 is 12.4 Å². The summed E-state index contributed by atoms with van der Waals surface area (Å²) in [5, 5.41) is 3.18. The van der Waals surface area contributed by atoms with E-state index in [0.717, 1.165) is 55.1 Å². The molecule has 13 heteroatoms. The predicted molar refractivity (Wildman–Crippen MR) is 141 cm³/mol. The van der Waals surface area contributed by atoms with Crippen molar-refractivity contribution in [1.82, 2.24) is 30.2 Å². The average molecular weight is 532 g/mol. The van der Waals surface area contributed by atoms with Crippen molar-refractivity contribution in [2.45, 2.75) is 37.8 Å². The fourth-order valence-electron chi connectivity index (χ4n) is 5.52. The Balaban J connectivity index is 0.00000280. The van der Waals surface area contributed by atoms with Gasteiger partial charge >= 0.3 is 6.09 Å². The number of fused-ring (bicyclic) bond motifs is 1. The second-order valence-corrected chi connectivity index (χ2v) is 10.6. The lowest BCUT2D eigenvalue weighted by Gasteiger charge is -2.40. The highest BCUT2D eigenvalue weighted by Crippen LogP contribution is 2.41. The fourth-order valence-corrected chi connectivity index (χ4v) is 5.52. The smallest absolute Gasteiger partial charge is 0.410 e. The maximum absolute atomic E-state index is 12.9. The topological polar surface area (TPSA) is 135 Å².